The third-order valence-corrected chi connectivity index (χ3v) is 5.13. The summed E-state index contributed by atoms with van der Waals surface area (Å²) in [6, 6.07) is 12.7. The van der Waals surface area contributed by atoms with E-state index in [0.29, 0.717) is 29.2 Å². The van der Waals surface area contributed by atoms with E-state index in [1.807, 2.05) is 6.92 Å². The molecule has 7 nitrogen and oxygen atoms in total. The molecule has 0 aromatic heterocycles. The number of esters is 1. The Kier molecular flexibility index (Phi) is 7.57. The summed E-state index contributed by atoms with van der Waals surface area (Å²) in [6.45, 7) is 4.37. The van der Waals surface area contributed by atoms with Crippen molar-refractivity contribution in [3.63, 3.8) is 0 Å². The number of hydrogen-bond acceptors (Lipinski definition) is 6. The van der Waals surface area contributed by atoms with Crippen LogP contribution in [0.15, 0.2) is 48.5 Å². The monoisotopic (exact) mass is 405 g/mol. The van der Waals surface area contributed by atoms with E-state index in [1.54, 1.807) is 31.2 Å². The summed E-state index contributed by atoms with van der Waals surface area (Å²) in [5, 5.41) is 2.56. The predicted octanol–water partition coefficient (Wildman–Crippen LogP) is 2.82. The van der Waals surface area contributed by atoms with Crippen LogP contribution < -0.4 is 10.1 Å². The molecule has 2 rings (SSSR count). The molecule has 1 N–H and O–H groups in total. The lowest BCUT2D eigenvalue weighted by molar-refractivity contribution is -0.113. The van der Waals surface area contributed by atoms with Crippen molar-refractivity contribution in [2.45, 2.75) is 19.6 Å². The van der Waals surface area contributed by atoms with Crippen molar-refractivity contribution in [2.24, 2.45) is 0 Å². The summed E-state index contributed by atoms with van der Waals surface area (Å²) in [5.41, 5.74) is 1.32. The average Bonchev–Trinajstić information content (AvgIpc) is 2.63. The molecule has 0 fully saturated rings. The number of amides is 1. The van der Waals surface area contributed by atoms with Gasteiger partial charge in [0, 0.05) is 5.69 Å². The summed E-state index contributed by atoms with van der Waals surface area (Å²) in [7, 11) is -3.67. The molecular weight excluding hydrogens is 382 g/mol. The first-order valence-electron chi connectivity index (χ1n) is 8.82. The minimum absolute atomic E-state index is 0.262. The molecule has 150 valence electrons. The lowest BCUT2D eigenvalue weighted by atomic mass is 10.1. The highest BCUT2D eigenvalue weighted by Crippen LogP contribution is 2.16. The van der Waals surface area contributed by atoms with Gasteiger partial charge in [-0.3, -0.25) is 4.79 Å². The Morgan fingerprint density at radius 3 is 2.14 bits per heavy atom. The molecule has 0 unspecified atom stereocenters. The van der Waals surface area contributed by atoms with Crippen molar-refractivity contribution < 1.29 is 27.5 Å². The number of rotatable bonds is 9. The zero-order valence-corrected chi connectivity index (χ0v) is 16.6. The molecule has 0 spiro atoms. The Labute approximate surface area is 164 Å². The Morgan fingerprint density at radius 1 is 0.929 bits per heavy atom. The van der Waals surface area contributed by atoms with Gasteiger partial charge in [0.15, 0.2) is 9.84 Å². The van der Waals surface area contributed by atoms with Gasteiger partial charge < -0.3 is 14.8 Å². The van der Waals surface area contributed by atoms with Gasteiger partial charge in [0.25, 0.3) is 0 Å². The normalized spacial score (nSPS) is 10.9. The second-order valence-electron chi connectivity index (χ2n) is 5.96. The molecule has 0 aliphatic heterocycles. The number of ether oxygens (including phenoxy) is 2. The number of carbonyl (C=O) groups is 2. The van der Waals surface area contributed by atoms with Crippen LogP contribution >= 0.6 is 0 Å². The van der Waals surface area contributed by atoms with Gasteiger partial charge >= 0.3 is 5.97 Å². The number of sulfone groups is 1. The van der Waals surface area contributed by atoms with Crippen molar-refractivity contribution in [3.8, 4) is 5.75 Å². The van der Waals surface area contributed by atoms with Gasteiger partial charge in [-0.15, -0.1) is 0 Å². The van der Waals surface area contributed by atoms with Crippen LogP contribution in [0.1, 0.15) is 29.8 Å². The first-order chi connectivity index (χ1) is 13.3. The van der Waals surface area contributed by atoms with E-state index >= 15 is 0 Å². The Morgan fingerprint density at radius 2 is 1.57 bits per heavy atom. The maximum absolute atomic E-state index is 12.3. The fourth-order valence-corrected chi connectivity index (χ4v) is 3.73. The van der Waals surface area contributed by atoms with E-state index < -0.39 is 27.5 Å². The molecule has 0 aliphatic carbocycles. The van der Waals surface area contributed by atoms with Crippen molar-refractivity contribution >= 4 is 27.4 Å². The molecule has 0 radical (unpaired) electrons. The smallest absolute Gasteiger partial charge is 0.338 e. The van der Waals surface area contributed by atoms with E-state index in [0.717, 1.165) is 0 Å². The van der Waals surface area contributed by atoms with Gasteiger partial charge in [-0.25, -0.2) is 13.2 Å². The van der Waals surface area contributed by atoms with Gasteiger partial charge in [-0.1, -0.05) is 12.1 Å². The summed E-state index contributed by atoms with van der Waals surface area (Å²) in [6.07, 6.45) is 0. The SMILES string of the molecule is CCOC(=O)c1ccc(CS(=O)(=O)CC(=O)Nc2ccc(OCC)cc2)cc1. The van der Waals surface area contributed by atoms with Gasteiger partial charge in [-0.05, 0) is 55.8 Å². The highest BCUT2D eigenvalue weighted by Gasteiger charge is 2.18. The van der Waals surface area contributed by atoms with Crippen LogP contribution in [0.3, 0.4) is 0 Å². The summed E-state index contributed by atoms with van der Waals surface area (Å²) < 4.78 is 34.8. The second kappa shape index (κ2) is 9.89. The van der Waals surface area contributed by atoms with E-state index in [-0.39, 0.29) is 12.4 Å². The number of hydrogen-bond donors (Lipinski definition) is 1. The molecule has 0 heterocycles. The molecular formula is C20H23NO6S. The molecule has 0 saturated carbocycles. The lowest BCUT2D eigenvalue weighted by Gasteiger charge is -2.08. The summed E-state index contributed by atoms with van der Waals surface area (Å²) >= 11 is 0. The summed E-state index contributed by atoms with van der Waals surface area (Å²) in [4.78, 5) is 23.7. The van der Waals surface area contributed by atoms with Crippen LogP contribution in [0.5, 0.6) is 5.75 Å². The predicted molar refractivity (Wildman–Crippen MR) is 106 cm³/mol. The van der Waals surface area contributed by atoms with E-state index in [4.69, 9.17) is 9.47 Å². The van der Waals surface area contributed by atoms with Crippen LogP contribution in [-0.4, -0.2) is 39.3 Å². The minimum atomic E-state index is -3.67. The Balaban J connectivity index is 1.93. The molecule has 0 bridgehead atoms. The topological polar surface area (TPSA) is 98.8 Å². The first kappa shape index (κ1) is 21.4. The third-order valence-electron chi connectivity index (χ3n) is 3.65. The molecule has 2 aromatic rings. The fraction of sp³-hybridized carbons (Fsp3) is 0.300. The molecule has 28 heavy (non-hydrogen) atoms. The highest BCUT2D eigenvalue weighted by molar-refractivity contribution is 7.91. The molecule has 0 saturated heterocycles. The highest BCUT2D eigenvalue weighted by atomic mass is 32.2. The zero-order valence-electron chi connectivity index (χ0n) is 15.8. The molecule has 2 aromatic carbocycles. The lowest BCUT2D eigenvalue weighted by Crippen LogP contribution is -2.24. The number of carbonyl (C=O) groups excluding carboxylic acids is 2. The summed E-state index contributed by atoms with van der Waals surface area (Å²) in [5.74, 6) is -1.36. The third kappa shape index (κ3) is 6.70. The number of anilines is 1. The van der Waals surface area contributed by atoms with Crippen molar-refractivity contribution in [1.29, 1.82) is 0 Å². The van der Waals surface area contributed by atoms with Gasteiger partial charge in [0.2, 0.25) is 5.91 Å². The van der Waals surface area contributed by atoms with Gasteiger partial charge in [0.1, 0.15) is 11.5 Å². The van der Waals surface area contributed by atoms with Crippen molar-refractivity contribution in [1.82, 2.24) is 0 Å². The van der Waals surface area contributed by atoms with Crippen LogP contribution in [0.2, 0.25) is 0 Å². The molecule has 8 heteroatoms. The van der Waals surface area contributed by atoms with Crippen LogP contribution in [0.25, 0.3) is 0 Å². The molecule has 0 aliphatic rings. The first-order valence-corrected chi connectivity index (χ1v) is 10.6. The van der Waals surface area contributed by atoms with Crippen LogP contribution in [0.4, 0.5) is 5.69 Å². The zero-order chi connectivity index (χ0) is 20.6. The minimum Gasteiger partial charge on any atom is -0.494 e. The number of nitrogens with one attached hydrogen (secondary N) is 1. The van der Waals surface area contributed by atoms with Crippen LogP contribution in [-0.2, 0) is 25.1 Å². The Bertz CT molecular complexity index is 905. The largest absolute Gasteiger partial charge is 0.494 e. The van der Waals surface area contributed by atoms with Crippen molar-refractivity contribution in [2.75, 3.05) is 24.3 Å². The Hall–Kier alpha value is -2.87. The quantitative estimate of drug-likeness (QED) is 0.644. The number of benzene rings is 2. The van der Waals surface area contributed by atoms with Gasteiger partial charge in [0.05, 0.1) is 24.5 Å². The average molecular weight is 405 g/mol. The van der Waals surface area contributed by atoms with Crippen molar-refractivity contribution in [3.05, 3.63) is 59.7 Å². The standard InChI is InChI=1S/C20H23NO6S/c1-3-26-18-11-9-17(10-12-18)21-19(22)14-28(24,25)13-15-5-7-16(8-6-15)20(23)27-4-2/h5-12H,3-4,13-14H2,1-2H3,(H,21,22). The van der Waals surface area contributed by atoms with E-state index in [1.165, 1.54) is 24.3 Å². The van der Waals surface area contributed by atoms with Crippen LogP contribution in [0, 0.1) is 0 Å². The maximum atomic E-state index is 12.3. The van der Waals surface area contributed by atoms with Gasteiger partial charge in [-0.2, -0.15) is 0 Å². The van der Waals surface area contributed by atoms with E-state index in [2.05, 4.69) is 5.32 Å². The molecule has 1 amide bonds. The second-order valence-corrected chi connectivity index (χ2v) is 8.02. The fourth-order valence-electron chi connectivity index (χ4n) is 2.45. The molecule has 0 atom stereocenters. The van der Waals surface area contributed by atoms with E-state index in [9.17, 15) is 18.0 Å². The maximum Gasteiger partial charge on any atom is 0.338 e.